The van der Waals surface area contributed by atoms with Crippen molar-refractivity contribution in [3.8, 4) is 0 Å². The molecule has 8 heteroatoms. The molecule has 5 atom stereocenters. The van der Waals surface area contributed by atoms with E-state index in [1.54, 1.807) is 20.8 Å². The molecule has 0 fully saturated rings. The summed E-state index contributed by atoms with van der Waals surface area (Å²) in [7, 11) is 0. The Kier molecular flexibility index (Phi) is 8.78. The fourth-order valence-electron chi connectivity index (χ4n) is 1.93. The van der Waals surface area contributed by atoms with Crippen LogP contribution < -0.4 is 16.4 Å². The van der Waals surface area contributed by atoms with Gasteiger partial charge in [-0.3, -0.25) is 9.59 Å². The van der Waals surface area contributed by atoms with Gasteiger partial charge in [-0.1, -0.05) is 34.1 Å². The van der Waals surface area contributed by atoms with Crippen molar-refractivity contribution in [2.45, 2.75) is 65.3 Å². The van der Waals surface area contributed by atoms with E-state index in [0.29, 0.717) is 6.42 Å². The van der Waals surface area contributed by atoms with Gasteiger partial charge in [-0.2, -0.15) is 0 Å². The summed E-state index contributed by atoms with van der Waals surface area (Å²) in [6.45, 7) is 8.35. The van der Waals surface area contributed by atoms with Gasteiger partial charge in [-0.15, -0.1) is 0 Å². The van der Waals surface area contributed by atoms with E-state index in [2.05, 4.69) is 10.6 Å². The van der Waals surface area contributed by atoms with Crippen LogP contribution in [0.4, 0.5) is 0 Å². The lowest BCUT2D eigenvalue weighted by Crippen LogP contribution is -2.58. The number of amides is 2. The number of aliphatic hydroxyl groups excluding tert-OH is 1. The summed E-state index contributed by atoms with van der Waals surface area (Å²) >= 11 is 0. The van der Waals surface area contributed by atoms with Crippen LogP contribution in [0.2, 0.25) is 0 Å². The van der Waals surface area contributed by atoms with E-state index in [-0.39, 0.29) is 11.8 Å². The van der Waals surface area contributed by atoms with Gasteiger partial charge in [-0.25, -0.2) is 4.79 Å². The second-order valence-electron chi connectivity index (χ2n) is 6.21. The molecule has 0 aromatic rings. The average molecular weight is 331 g/mol. The molecule has 2 amide bonds. The molecule has 0 spiro atoms. The first-order valence-electron chi connectivity index (χ1n) is 7.80. The van der Waals surface area contributed by atoms with Crippen LogP contribution in [-0.4, -0.2) is 52.2 Å². The van der Waals surface area contributed by atoms with Crippen LogP contribution in [-0.2, 0) is 14.4 Å². The molecule has 0 aliphatic carbocycles. The van der Waals surface area contributed by atoms with Crippen molar-refractivity contribution < 1.29 is 24.6 Å². The molecule has 0 rings (SSSR count). The van der Waals surface area contributed by atoms with E-state index in [1.165, 1.54) is 6.92 Å². The highest BCUT2D eigenvalue weighted by atomic mass is 16.4. The third-order valence-corrected chi connectivity index (χ3v) is 3.85. The molecule has 0 aliphatic rings. The number of carbonyl (C=O) groups is 3. The first-order chi connectivity index (χ1) is 10.5. The molecule has 0 radical (unpaired) electrons. The Balaban J connectivity index is 5.14. The van der Waals surface area contributed by atoms with E-state index in [0.717, 1.165) is 0 Å². The van der Waals surface area contributed by atoms with Crippen LogP contribution >= 0.6 is 0 Å². The van der Waals surface area contributed by atoms with Gasteiger partial charge in [0, 0.05) is 0 Å². The Morgan fingerprint density at radius 3 is 1.83 bits per heavy atom. The predicted molar refractivity (Wildman–Crippen MR) is 85.4 cm³/mol. The van der Waals surface area contributed by atoms with E-state index in [1.807, 2.05) is 6.92 Å². The van der Waals surface area contributed by atoms with Crippen LogP contribution in [0.25, 0.3) is 0 Å². The maximum Gasteiger partial charge on any atom is 0.326 e. The Labute approximate surface area is 136 Å². The van der Waals surface area contributed by atoms with Gasteiger partial charge in [0.1, 0.15) is 18.1 Å². The van der Waals surface area contributed by atoms with Crippen LogP contribution in [0.15, 0.2) is 0 Å². The summed E-state index contributed by atoms with van der Waals surface area (Å²) in [6.07, 6.45) is -0.458. The minimum absolute atomic E-state index is 0.221. The zero-order valence-electron chi connectivity index (χ0n) is 14.4. The van der Waals surface area contributed by atoms with Gasteiger partial charge in [0.25, 0.3) is 0 Å². The molecule has 0 saturated heterocycles. The van der Waals surface area contributed by atoms with Crippen LogP contribution in [0.5, 0.6) is 0 Å². The zero-order valence-corrected chi connectivity index (χ0v) is 14.4. The number of carbonyl (C=O) groups excluding carboxylic acids is 2. The third-order valence-electron chi connectivity index (χ3n) is 3.85. The molecule has 0 bridgehead atoms. The van der Waals surface area contributed by atoms with Crippen LogP contribution in [0, 0.1) is 11.8 Å². The SMILES string of the molecule is CCC(C)C(NC(=O)C(N)C(C)O)C(=O)NC(C(=O)O)C(C)C. The maximum atomic E-state index is 12.4. The lowest BCUT2D eigenvalue weighted by Gasteiger charge is -2.28. The van der Waals surface area contributed by atoms with Crippen molar-refractivity contribution in [3.63, 3.8) is 0 Å². The summed E-state index contributed by atoms with van der Waals surface area (Å²) in [5.74, 6) is -2.89. The number of carboxylic acid groups (broad SMARTS) is 1. The first kappa shape index (κ1) is 21.3. The topological polar surface area (TPSA) is 142 Å². The first-order valence-corrected chi connectivity index (χ1v) is 7.80. The molecule has 0 heterocycles. The summed E-state index contributed by atoms with van der Waals surface area (Å²) in [4.78, 5) is 35.6. The number of rotatable bonds is 9. The Morgan fingerprint density at radius 2 is 1.48 bits per heavy atom. The highest BCUT2D eigenvalue weighted by Crippen LogP contribution is 2.10. The lowest BCUT2D eigenvalue weighted by molar-refractivity contribution is -0.143. The van der Waals surface area contributed by atoms with Gasteiger partial charge in [0.05, 0.1) is 6.10 Å². The quantitative estimate of drug-likeness (QED) is 0.384. The highest BCUT2D eigenvalue weighted by Gasteiger charge is 2.32. The van der Waals surface area contributed by atoms with Gasteiger partial charge in [0.15, 0.2) is 0 Å². The minimum Gasteiger partial charge on any atom is -0.480 e. The number of nitrogens with two attached hydrogens (primary N) is 1. The normalized spacial score (nSPS) is 17.7. The van der Waals surface area contributed by atoms with E-state index in [9.17, 15) is 19.5 Å². The van der Waals surface area contributed by atoms with Crippen molar-refractivity contribution in [1.82, 2.24) is 10.6 Å². The van der Waals surface area contributed by atoms with E-state index < -0.39 is 42.0 Å². The number of carboxylic acids is 1. The molecule has 0 aromatic heterocycles. The average Bonchev–Trinajstić information content (AvgIpc) is 2.47. The third kappa shape index (κ3) is 6.54. The number of hydrogen-bond acceptors (Lipinski definition) is 5. The molecule has 0 aliphatic heterocycles. The summed E-state index contributed by atoms with van der Waals surface area (Å²) in [5, 5.41) is 23.5. The fourth-order valence-corrected chi connectivity index (χ4v) is 1.93. The Hall–Kier alpha value is -1.67. The number of nitrogens with one attached hydrogen (secondary N) is 2. The van der Waals surface area contributed by atoms with Crippen molar-refractivity contribution in [2.75, 3.05) is 0 Å². The number of hydrogen-bond donors (Lipinski definition) is 5. The second kappa shape index (κ2) is 9.46. The highest BCUT2D eigenvalue weighted by molar-refractivity contribution is 5.92. The van der Waals surface area contributed by atoms with Crippen molar-refractivity contribution >= 4 is 17.8 Å². The Morgan fingerprint density at radius 1 is 1.00 bits per heavy atom. The van der Waals surface area contributed by atoms with Gasteiger partial charge < -0.3 is 26.6 Å². The Bertz CT molecular complexity index is 425. The van der Waals surface area contributed by atoms with Gasteiger partial charge in [0.2, 0.25) is 11.8 Å². The number of aliphatic hydroxyl groups is 1. The van der Waals surface area contributed by atoms with Gasteiger partial charge in [-0.05, 0) is 18.8 Å². The van der Waals surface area contributed by atoms with Crippen LogP contribution in [0.1, 0.15) is 41.0 Å². The summed E-state index contributed by atoms with van der Waals surface area (Å²) in [5.41, 5.74) is 5.56. The van der Waals surface area contributed by atoms with E-state index in [4.69, 9.17) is 10.8 Å². The largest absolute Gasteiger partial charge is 0.480 e. The van der Waals surface area contributed by atoms with Gasteiger partial charge >= 0.3 is 5.97 Å². The molecule has 134 valence electrons. The summed E-state index contributed by atoms with van der Waals surface area (Å²) in [6, 6.07) is -3.12. The number of aliphatic carboxylic acids is 1. The zero-order chi connectivity index (χ0) is 18.3. The van der Waals surface area contributed by atoms with Crippen molar-refractivity contribution in [1.29, 1.82) is 0 Å². The van der Waals surface area contributed by atoms with Crippen LogP contribution in [0.3, 0.4) is 0 Å². The summed E-state index contributed by atoms with van der Waals surface area (Å²) < 4.78 is 0. The monoisotopic (exact) mass is 331 g/mol. The molecule has 6 N–H and O–H groups in total. The molecule has 0 aromatic carbocycles. The molecule has 0 saturated carbocycles. The smallest absolute Gasteiger partial charge is 0.326 e. The molecular formula is C15H29N3O5. The maximum absolute atomic E-state index is 12.4. The standard InChI is InChI=1S/C15H29N3O5/c1-6-8(4)12(18-13(20)10(16)9(5)19)14(21)17-11(7(2)3)15(22)23/h7-12,19H,6,16H2,1-5H3,(H,17,21)(H,18,20)(H,22,23). The minimum atomic E-state index is -1.16. The molecule has 23 heavy (non-hydrogen) atoms. The van der Waals surface area contributed by atoms with Crippen molar-refractivity contribution in [2.24, 2.45) is 17.6 Å². The predicted octanol–water partition coefficient (Wildman–Crippen LogP) is -0.549. The van der Waals surface area contributed by atoms with Crippen molar-refractivity contribution in [3.05, 3.63) is 0 Å². The molecular weight excluding hydrogens is 302 g/mol. The lowest BCUT2D eigenvalue weighted by atomic mass is 9.96. The molecule has 5 unspecified atom stereocenters. The second-order valence-corrected chi connectivity index (χ2v) is 6.21. The fraction of sp³-hybridized carbons (Fsp3) is 0.800. The van der Waals surface area contributed by atoms with E-state index >= 15 is 0 Å². The molecule has 8 nitrogen and oxygen atoms in total.